The SMILES string of the molecule is C=CC[C@H](CO)[C@H](O)CCCC(C)C. The second-order valence-electron chi connectivity index (χ2n) is 4.36. The van der Waals surface area contributed by atoms with Crippen molar-refractivity contribution in [1.29, 1.82) is 0 Å². The molecule has 84 valence electrons. The first-order chi connectivity index (χ1) is 6.61. The van der Waals surface area contributed by atoms with Crippen molar-refractivity contribution in [2.24, 2.45) is 11.8 Å². The van der Waals surface area contributed by atoms with Gasteiger partial charge in [0.25, 0.3) is 0 Å². The molecule has 0 rings (SSSR count). The van der Waals surface area contributed by atoms with E-state index in [1.165, 1.54) is 0 Å². The van der Waals surface area contributed by atoms with Gasteiger partial charge in [-0.2, -0.15) is 0 Å². The maximum Gasteiger partial charge on any atom is 0.0593 e. The first kappa shape index (κ1) is 13.7. The molecule has 0 aromatic carbocycles. The average Bonchev–Trinajstić information content (AvgIpc) is 2.13. The zero-order chi connectivity index (χ0) is 11.0. The highest BCUT2D eigenvalue weighted by Gasteiger charge is 2.16. The molecule has 14 heavy (non-hydrogen) atoms. The van der Waals surface area contributed by atoms with Crippen molar-refractivity contribution in [3.05, 3.63) is 12.7 Å². The summed E-state index contributed by atoms with van der Waals surface area (Å²) in [6.07, 6.45) is 5.04. The molecule has 0 aromatic heterocycles. The Morgan fingerprint density at radius 1 is 1.29 bits per heavy atom. The molecule has 2 atom stereocenters. The Morgan fingerprint density at radius 2 is 1.93 bits per heavy atom. The largest absolute Gasteiger partial charge is 0.396 e. The summed E-state index contributed by atoms with van der Waals surface area (Å²) in [6.45, 7) is 8.03. The van der Waals surface area contributed by atoms with Gasteiger partial charge in [0.15, 0.2) is 0 Å². The molecule has 0 saturated heterocycles. The zero-order valence-electron chi connectivity index (χ0n) is 9.45. The molecule has 2 heteroatoms. The van der Waals surface area contributed by atoms with E-state index in [1.54, 1.807) is 6.08 Å². The molecule has 0 aliphatic rings. The third-order valence-corrected chi connectivity index (χ3v) is 2.53. The Labute approximate surface area is 87.7 Å². The van der Waals surface area contributed by atoms with Gasteiger partial charge in [0.1, 0.15) is 0 Å². The topological polar surface area (TPSA) is 40.5 Å². The Balaban J connectivity index is 3.68. The molecule has 0 aliphatic carbocycles. The van der Waals surface area contributed by atoms with Crippen molar-refractivity contribution < 1.29 is 10.2 Å². The van der Waals surface area contributed by atoms with E-state index < -0.39 is 0 Å². The summed E-state index contributed by atoms with van der Waals surface area (Å²) >= 11 is 0. The van der Waals surface area contributed by atoms with Gasteiger partial charge in [-0.05, 0) is 18.8 Å². The lowest BCUT2D eigenvalue weighted by atomic mass is 9.94. The summed E-state index contributed by atoms with van der Waals surface area (Å²) in [5.41, 5.74) is 0. The molecule has 0 saturated carbocycles. The second kappa shape index (κ2) is 8.01. The number of allylic oxidation sites excluding steroid dienone is 1. The van der Waals surface area contributed by atoms with Gasteiger partial charge in [0.05, 0.1) is 6.10 Å². The lowest BCUT2D eigenvalue weighted by Gasteiger charge is -2.19. The Kier molecular flexibility index (Phi) is 7.81. The van der Waals surface area contributed by atoms with Crippen molar-refractivity contribution in [3.63, 3.8) is 0 Å². The smallest absolute Gasteiger partial charge is 0.0593 e. The predicted octanol–water partition coefficient (Wildman–Crippen LogP) is 2.36. The third kappa shape index (κ3) is 6.17. The van der Waals surface area contributed by atoms with Gasteiger partial charge < -0.3 is 10.2 Å². The van der Waals surface area contributed by atoms with Crippen molar-refractivity contribution in [2.45, 2.75) is 45.6 Å². The minimum atomic E-state index is -0.378. The van der Waals surface area contributed by atoms with E-state index in [-0.39, 0.29) is 18.6 Å². The summed E-state index contributed by atoms with van der Waals surface area (Å²) < 4.78 is 0. The highest BCUT2D eigenvalue weighted by molar-refractivity contribution is 4.77. The molecule has 0 spiro atoms. The van der Waals surface area contributed by atoms with Gasteiger partial charge in [0.2, 0.25) is 0 Å². The molecule has 0 radical (unpaired) electrons. The predicted molar refractivity (Wildman–Crippen MR) is 60.1 cm³/mol. The van der Waals surface area contributed by atoms with E-state index in [0.29, 0.717) is 12.3 Å². The van der Waals surface area contributed by atoms with E-state index in [0.717, 1.165) is 19.3 Å². The van der Waals surface area contributed by atoms with Gasteiger partial charge in [0, 0.05) is 12.5 Å². The fourth-order valence-electron chi connectivity index (χ4n) is 1.54. The van der Waals surface area contributed by atoms with Gasteiger partial charge in [-0.3, -0.25) is 0 Å². The Morgan fingerprint density at radius 3 is 2.36 bits per heavy atom. The molecule has 2 N–H and O–H groups in total. The number of rotatable bonds is 8. The number of hydrogen-bond acceptors (Lipinski definition) is 2. The van der Waals surface area contributed by atoms with Crippen LogP contribution in [-0.4, -0.2) is 22.9 Å². The van der Waals surface area contributed by atoms with Gasteiger partial charge >= 0.3 is 0 Å². The fourth-order valence-corrected chi connectivity index (χ4v) is 1.54. The maximum atomic E-state index is 9.75. The van der Waals surface area contributed by atoms with Crippen LogP contribution in [0.5, 0.6) is 0 Å². The minimum absolute atomic E-state index is 0.0281. The summed E-state index contributed by atoms with van der Waals surface area (Å²) in [5.74, 6) is 0.661. The van der Waals surface area contributed by atoms with Crippen LogP contribution in [-0.2, 0) is 0 Å². The van der Waals surface area contributed by atoms with E-state index in [1.807, 2.05) is 0 Å². The van der Waals surface area contributed by atoms with Crippen LogP contribution in [0.25, 0.3) is 0 Å². The van der Waals surface area contributed by atoms with E-state index in [4.69, 9.17) is 5.11 Å². The van der Waals surface area contributed by atoms with Crippen LogP contribution >= 0.6 is 0 Å². The lowest BCUT2D eigenvalue weighted by Crippen LogP contribution is -2.23. The molecule has 0 aromatic rings. The van der Waals surface area contributed by atoms with Crippen LogP contribution in [0.15, 0.2) is 12.7 Å². The van der Waals surface area contributed by atoms with Crippen molar-refractivity contribution in [1.82, 2.24) is 0 Å². The maximum absolute atomic E-state index is 9.75. The third-order valence-electron chi connectivity index (χ3n) is 2.53. The standard InChI is InChI=1S/C12H24O2/c1-4-6-11(9-13)12(14)8-5-7-10(2)3/h4,10-14H,1,5-9H2,2-3H3/t11-,12-/m1/s1. The van der Waals surface area contributed by atoms with Crippen molar-refractivity contribution in [3.8, 4) is 0 Å². The quantitative estimate of drug-likeness (QED) is 0.590. The molecule has 0 unspecified atom stereocenters. The van der Waals surface area contributed by atoms with E-state index >= 15 is 0 Å². The molecule has 0 aliphatic heterocycles. The summed E-state index contributed by atoms with van der Waals surface area (Å²) in [6, 6.07) is 0. The van der Waals surface area contributed by atoms with Crippen LogP contribution < -0.4 is 0 Å². The first-order valence-corrected chi connectivity index (χ1v) is 5.51. The first-order valence-electron chi connectivity index (χ1n) is 5.51. The minimum Gasteiger partial charge on any atom is -0.396 e. The van der Waals surface area contributed by atoms with E-state index in [9.17, 15) is 5.11 Å². The van der Waals surface area contributed by atoms with Crippen LogP contribution in [0.3, 0.4) is 0 Å². The van der Waals surface area contributed by atoms with Crippen LogP contribution in [0, 0.1) is 11.8 Å². The second-order valence-corrected chi connectivity index (χ2v) is 4.36. The van der Waals surface area contributed by atoms with Crippen molar-refractivity contribution in [2.75, 3.05) is 6.61 Å². The number of aliphatic hydroxyl groups is 2. The summed E-state index contributed by atoms with van der Waals surface area (Å²) in [4.78, 5) is 0. The normalized spacial score (nSPS) is 15.5. The zero-order valence-corrected chi connectivity index (χ0v) is 9.45. The number of aliphatic hydroxyl groups excluding tert-OH is 2. The molecular formula is C12H24O2. The lowest BCUT2D eigenvalue weighted by molar-refractivity contribution is 0.0599. The molecule has 2 nitrogen and oxygen atoms in total. The van der Waals surface area contributed by atoms with E-state index in [2.05, 4.69) is 20.4 Å². The highest BCUT2D eigenvalue weighted by Crippen LogP contribution is 2.16. The van der Waals surface area contributed by atoms with Gasteiger partial charge in [-0.15, -0.1) is 6.58 Å². The molecule has 0 heterocycles. The molecular weight excluding hydrogens is 176 g/mol. The molecule has 0 fully saturated rings. The van der Waals surface area contributed by atoms with Crippen LogP contribution in [0.1, 0.15) is 39.5 Å². The molecule has 0 amide bonds. The summed E-state index contributed by atoms with van der Waals surface area (Å²) in [5, 5.41) is 18.8. The highest BCUT2D eigenvalue weighted by atomic mass is 16.3. The fraction of sp³-hybridized carbons (Fsp3) is 0.833. The van der Waals surface area contributed by atoms with Gasteiger partial charge in [-0.25, -0.2) is 0 Å². The molecule has 0 bridgehead atoms. The summed E-state index contributed by atoms with van der Waals surface area (Å²) in [7, 11) is 0. The van der Waals surface area contributed by atoms with Crippen molar-refractivity contribution >= 4 is 0 Å². The van der Waals surface area contributed by atoms with Crippen LogP contribution in [0.2, 0.25) is 0 Å². The Bertz CT molecular complexity index is 143. The number of hydrogen-bond donors (Lipinski definition) is 2. The monoisotopic (exact) mass is 200 g/mol. The van der Waals surface area contributed by atoms with Gasteiger partial charge in [-0.1, -0.05) is 32.8 Å². The van der Waals surface area contributed by atoms with Crippen LogP contribution in [0.4, 0.5) is 0 Å². The Hall–Kier alpha value is -0.340. The average molecular weight is 200 g/mol.